The van der Waals surface area contributed by atoms with Crippen LogP contribution < -0.4 is 21.9 Å². The first kappa shape index (κ1) is 29.9. The molecule has 0 saturated heterocycles. The van der Waals surface area contributed by atoms with Gasteiger partial charge in [0.15, 0.2) is 0 Å². The third-order valence-electron chi connectivity index (χ3n) is 6.95. The van der Waals surface area contributed by atoms with Crippen molar-refractivity contribution < 1.29 is 4.74 Å². The van der Waals surface area contributed by atoms with E-state index < -0.39 is 0 Å². The minimum absolute atomic E-state index is 0.451. The Hall–Kier alpha value is -5.13. The van der Waals surface area contributed by atoms with Gasteiger partial charge in [-0.2, -0.15) is 0 Å². The number of hydrogen-bond acceptors (Lipinski definition) is 10. The number of rotatable bonds is 7. The fourth-order valence-corrected chi connectivity index (χ4v) is 7.54. The SMILES string of the molecule is Nc1ccc(-c2c(OCc3cccnc3)ccc3c2sc2ccccc23)nc1.[N-]=[N+]=NSSc1cc(N)c(N)c2ccccc12. The second kappa shape index (κ2) is 13.7. The van der Waals surface area contributed by atoms with E-state index in [2.05, 4.69) is 49.7 Å². The molecule has 0 bridgehead atoms. The fourth-order valence-electron chi connectivity index (χ4n) is 4.86. The largest absolute Gasteiger partial charge is 0.488 e. The monoisotopic (exact) mass is 646 g/mol. The summed E-state index contributed by atoms with van der Waals surface area (Å²) in [6, 6.07) is 29.9. The van der Waals surface area contributed by atoms with E-state index in [0.29, 0.717) is 23.7 Å². The van der Waals surface area contributed by atoms with Gasteiger partial charge in [0.1, 0.15) is 12.4 Å². The molecule has 0 saturated carbocycles. The van der Waals surface area contributed by atoms with Gasteiger partial charge in [-0.05, 0) is 68.7 Å². The highest BCUT2D eigenvalue weighted by Crippen LogP contribution is 2.44. The molecule has 0 fully saturated rings. The first-order valence-corrected chi connectivity index (χ1v) is 16.6. The number of aromatic nitrogens is 2. The zero-order valence-corrected chi connectivity index (χ0v) is 26.2. The number of thiophene rings is 1. The van der Waals surface area contributed by atoms with Crippen molar-refractivity contribution in [2.45, 2.75) is 11.5 Å². The Morgan fingerprint density at radius 2 is 1.64 bits per heavy atom. The Labute approximate surface area is 270 Å². The molecular formula is C33H26N8OS3. The maximum Gasteiger partial charge on any atom is 0.130 e. The molecule has 0 atom stereocenters. The topological polar surface area (TPSA) is 162 Å². The number of fused-ring (bicyclic) bond motifs is 4. The van der Waals surface area contributed by atoms with Crippen LogP contribution in [0.15, 0.2) is 119 Å². The van der Waals surface area contributed by atoms with Crippen molar-refractivity contribution in [1.29, 1.82) is 0 Å². The van der Waals surface area contributed by atoms with E-state index >= 15 is 0 Å². The average Bonchev–Trinajstić information content (AvgIpc) is 3.46. The number of azide groups is 1. The molecule has 9 nitrogen and oxygen atoms in total. The third-order valence-corrected chi connectivity index (χ3v) is 9.84. The summed E-state index contributed by atoms with van der Waals surface area (Å²) in [7, 11) is 2.42. The average molecular weight is 647 g/mol. The van der Waals surface area contributed by atoms with Crippen LogP contribution in [-0.4, -0.2) is 9.97 Å². The minimum Gasteiger partial charge on any atom is -0.488 e. The van der Waals surface area contributed by atoms with E-state index in [0.717, 1.165) is 49.2 Å². The number of nitrogen functional groups attached to an aromatic ring is 3. The molecule has 12 heteroatoms. The van der Waals surface area contributed by atoms with Crippen LogP contribution in [-0.2, 0) is 6.61 Å². The van der Waals surface area contributed by atoms with Gasteiger partial charge < -0.3 is 21.9 Å². The van der Waals surface area contributed by atoms with E-state index in [1.807, 2.05) is 60.8 Å². The van der Waals surface area contributed by atoms with Gasteiger partial charge in [0.25, 0.3) is 0 Å². The first-order chi connectivity index (χ1) is 22.0. The van der Waals surface area contributed by atoms with Crippen molar-refractivity contribution in [2.75, 3.05) is 17.2 Å². The van der Waals surface area contributed by atoms with Gasteiger partial charge in [-0.15, -0.1) is 11.3 Å². The molecule has 0 unspecified atom stereocenters. The molecule has 0 radical (unpaired) electrons. The van der Waals surface area contributed by atoms with Crippen LogP contribution in [0.4, 0.5) is 17.1 Å². The van der Waals surface area contributed by atoms with Crippen molar-refractivity contribution in [3.05, 3.63) is 126 Å². The van der Waals surface area contributed by atoms with Crippen LogP contribution >= 0.6 is 33.1 Å². The van der Waals surface area contributed by atoms with E-state index in [-0.39, 0.29) is 0 Å². The molecule has 7 aromatic rings. The summed E-state index contributed by atoms with van der Waals surface area (Å²) in [6.07, 6.45) is 5.27. The second-order valence-electron chi connectivity index (χ2n) is 9.79. The van der Waals surface area contributed by atoms with Gasteiger partial charge in [0, 0.05) is 64.3 Å². The number of pyridine rings is 2. The maximum atomic E-state index is 8.24. The summed E-state index contributed by atoms with van der Waals surface area (Å²) in [5, 5.41) is 4.38. The van der Waals surface area contributed by atoms with Crippen molar-refractivity contribution in [1.82, 2.24) is 9.97 Å². The Morgan fingerprint density at radius 3 is 2.40 bits per heavy atom. The van der Waals surface area contributed by atoms with E-state index in [1.54, 1.807) is 29.8 Å². The minimum atomic E-state index is 0.451. The van der Waals surface area contributed by atoms with Crippen molar-refractivity contribution in [3.8, 4) is 17.0 Å². The lowest BCUT2D eigenvalue weighted by atomic mass is 10.0. The molecule has 4 aromatic carbocycles. The lowest BCUT2D eigenvalue weighted by molar-refractivity contribution is 0.307. The number of hydrogen-bond donors (Lipinski definition) is 3. The smallest absolute Gasteiger partial charge is 0.130 e. The second-order valence-corrected chi connectivity index (χ2v) is 12.7. The predicted octanol–water partition coefficient (Wildman–Crippen LogP) is 9.64. The van der Waals surface area contributed by atoms with Crippen molar-refractivity contribution >= 4 is 81.1 Å². The molecule has 0 aliphatic carbocycles. The van der Waals surface area contributed by atoms with Crippen LogP contribution in [0.1, 0.15) is 5.56 Å². The maximum absolute atomic E-state index is 8.24. The van der Waals surface area contributed by atoms with Gasteiger partial charge in [0.2, 0.25) is 0 Å². The number of anilines is 3. The Bertz CT molecular complexity index is 2170. The van der Waals surface area contributed by atoms with Crippen LogP contribution in [0, 0.1) is 0 Å². The van der Waals surface area contributed by atoms with Crippen molar-refractivity contribution in [3.63, 3.8) is 0 Å². The summed E-state index contributed by atoms with van der Waals surface area (Å²) in [6.45, 7) is 0.451. The molecule has 3 aromatic heterocycles. The number of nitrogens with zero attached hydrogens (tertiary/aromatic N) is 5. The number of benzene rings is 4. The Morgan fingerprint density at radius 1 is 0.844 bits per heavy atom. The Kier molecular flexibility index (Phi) is 9.09. The van der Waals surface area contributed by atoms with Gasteiger partial charge in [-0.1, -0.05) is 48.5 Å². The lowest BCUT2D eigenvalue weighted by Crippen LogP contribution is -1.98. The zero-order valence-electron chi connectivity index (χ0n) is 23.7. The lowest BCUT2D eigenvalue weighted by Gasteiger charge is -2.13. The zero-order chi connectivity index (χ0) is 31.2. The van der Waals surface area contributed by atoms with Gasteiger partial charge in [-0.3, -0.25) is 9.97 Å². The van der Waals surface area contributed by atoms with Crippen LogP contribution in [0.3, 0.4) is 0 Å². The molecule has 7 rings (SSSR count). The summed E-state index contributed by atoms with van der Waals surface area (Å²) in [4.78, 5) is 12.4. The number of nitrogens with two attached hydrogens (primary N) is 3. The summed E-state index contributed by atoms with van der Waals surface area (Å²) < 4.78 is 12.0. The van der Waals surface area contributed by atoms with E-state index in [1.165, 1.54) is 31.0 Å². The van der Waals surface area contributed by atoms with Crippen LogP contribution in [0.5, 0.6) is 5.75 Å². The van der Waals surface area contributed by atoms with Gasteiger partial charge >= 0.3 is 0 Å². The predicted molar refractivity (Wildman–Crippen MR) is 191 cm³/mol. The van der Waals surface area contributed by atoms with Crippen LogP contribution in [0.2, 0.25) is 0 Å². The Balaban J connectivity index is 0.000000180. The van der Waals surface area contributed by atoms with E-state index in [4.69, 9.17) is 27.5 Å². The summed E-state index contributed by atoms with van der Waals surface area (Å²) in [5.74, 6) is 0.806. The van der Waals surface area contributed by atoms with Gasteiger partial charge in [0.05, 0.1) is 34.5 Å². The molecule has 45 heavy (non-hydrogen) atoms. The van der Waals surface area contributed by atoms with Crippen molar-refractivity contribution in [2.24, 2.45) is 4.52 Å². The molecule has 3 heterocycles. The number of ether oxygens (including phenoxy) is 1. The molecule has 0 amide bonds. The quantitative estimate of drug-likeness (QED) is 0.0385. The molecule has 6 N–H and O–H groups in total. The van der Waals surface area contributed by atoms with Crippen LogP contribution in [0.25, 0.3) is 52.6 Å². The first-order valence-electron chi connectivity index (χ1n) is 13.7. The molecule has 0 spiro atoms. The highest BCUT2D eigenvalue weighted by molar-refractivity contribution is 8.76. The third kappa shape index (κ3) is 6.54. The summed E-state index contributed by atoms with van der Waals surface area (Å²) >= 11 is 1.76. The highest BCUT2D eigenvalue weighted by Gasteiger charge is 2.17. The van der Waals surface area contributed by atoms with Gasteiger partial charge in [-0.25, -0.2) is 0 Å². The van der Waals surface area contributed by atoms with E-state index in [9.17, 15) is 0 Å². The standard InChI is InChI=1S/C23H17N3OS.C10H9N5S2/c24-16-7-9-19(26-13-16)22-20(27-14-15-4-3-11-25-12-15)10-8-18-17-5-1-2-6-21(17)28-23(18)22;11-8-5-9(16-17-15-14-13)6-3-1-2-4-7(6)10(8)12/h1-13H,14,24H2;1-5H,11-12H2. The molecule has 0 aliphatic rings. The molecule has 0 aliphatic heterocycles. The molecule has 222 valence electrons. The normalized spacial score (nSPS) is 10.8. The summed E-state index contributed by atoms with van der Waals surface area (Å²) in [5.41, 5.74) is 30.5. The molecular weight excluding hydrogens is 621 g/mol. The highest BCUT2D eigenvalue weighted by atomic mass is 33.1. The fraction of sp³-hybridized carbons (Fsp3) is 0.0303.